The predicted molar refractivity (Wildman–Crippen MR) is 106 cm³/mol. The monoisotopic (exact) mass is 412 g/mol. The predicted octanol–water partition coefficient (Wildman–Crippen LogP) is 3.19. The molecule has 2 aromatic heterocycles. The van der Waals surface area contributed by atoms with Gasteiger partial charge in [0.1, 0.15) is 17.6 Å². The minimum absolute atomic E-state index is 0.0744. The lowest BCUT2D eigenvalue weighted by atomic mass is 9.73. The topological polar surface area (TPSA) is 107 Å². The number of hydrogen-bond acceptors (Lipinski definition) is 5. The van der Waals surface area contributed by atoms with Crippen LogP contribution >= 0.6 is 0 Å². The molecule has 2 aromatic rings. The Morgan fingerprint density at radius 1 is 1.30 bits per heavy atom. The molecule has 30 heavy (non-hydrogen) atoms. The molecule has 2 fully saturated rings. The van der Waals surface area contributed by atoms with E-state index < -0.39 is 29.2 Å². The van der Waals surface area contributed by atoms with E-state index in [1.165, 1.54) is 12.3 Å². The van der Waals surface area contributed by atoms with Crippen LogP contribution in [0, 0.1) is 17.2 Å². The van der Waals surface area contributed by atoms with Crippen molar-refractivity contribution < 1.29 is 18.8 Å². The van der Waals surface area contributed by atoms with Gasteiger partial charge < -0.3 is 5.73 Å². The first-order valence-corrected chi connectivity index (χ1v) is 10.2. The average Bonchev–Trinajstić information content (AvgIpc) is 3.61. The van der Waals surface area contributed by atoms with Crippen molar-refractivity contribution in [1.29, 1.82) is 0 Å². The van der Waals surface area contributed by atoms with Crippen LogP contribution in [0.25, 0.3) is 0 Å². The molecule has 0 saturated heterocycles. The van der Waals surface area contributed by atoms with E-state index in [0.717, 1.165) is 37.4 Å². The van der Waals surface area contributed by atoms with Gasteiger partial charge in [-0.05, 0) is 61.3 Å². The van der Waals surface area contributed by atoms with Crippen molar-refractivity contribution in [2.24, 2.45) is 17.1 Å². The number of nitrogens with one attached hydrogen (secondary N) is 1. The Morgan fingerprint density at radius 2 is 2.07 bits per heavy atom. The van der Waals surface area contributed by atoms with Gasteiger partial charge in [0.25, 0.3) is 5.91 Å². The zero-order valence-corrected chi connectivity index (χ0v) is 16.8. The first kappa shape index (κ1) is 20.4. The fourth-order valence-corrected chi connectivity index (χ4v) is 4.14. The highest BCUT2D eigenvalue weighted by Gasteiger charge is 2.51. The van der Waals surface area contributed by atoms with Crippen molar-refractivity contribution >= 4 is 11.8 Å². The number of hydrogen-bond donors (Lipinski definition) is 2. The molecule has 2 aliphatic carbocycles. The number of nitrogens with zero attached hydrogens (tertiary/aromatic N) is 2. The number of hydroxylamine groups is 1. The second-order valence-electron chi connectivity index (χ2n) is 8.47. The number of pyridine rings is 2. The molecular weight excluding hydrogens is 387 g/mol. The summed E-state index contributed by atoms with van der Waals surface area (Å²) >= 11 is 0. The van der Waals surface area contributed by atoms with Crippen molar-refractivity contribution in [2.75, 3.05) is 0 Å². The van der Waals surface area contributed by atoms with Crippen LogP contribution in [0.2, 0.25) is 0 Å². The van der Waals surface area contributed by atoms with Crippen molar-refractivity contribution in [3.8, 4) is 0 Å². The average molecular weight is 412 g/mol. The summed E-state index contributed by atoms with van der Waals surface area (Å²) in [7, 11) is 0. The minimum Gasteiger partial charge on any atom is -0.370 e. The van der Waals surface area contributed by atoms with Gasteiger partial charge >= 0.3 is 0 Å². The van der Waals surface area contributed by atoms with E-state index in [9.17, 15) is 14.0 Å². The summed E-state index contributed by atoms with van der Waals surface area (Å²) < 4.78 is 14.0. The molecule has 8 heteroatoms. The van der Waals surface area contributed by atoms with Gasteiger partial charge in [0, 0.05) is 18.0 Å². The summed E-state index contributed by atoms with van der Waals surface area (Å²) in [6, 6.07) is 6.47. The number of carbonyl (C=O) groups excluding carboxylic acids is 2. The molecule has 0 aromatic carbocycles. The number of halogens is 1. The Balaban J connectivity index is 1.68. The highest BCUT2D eigenvalue weighted by Crippen LogP contribution is 2.56. The molecular formula is C22H25FN4O3. The zero-order valence-electron chi connectivity index (χ0n) is 16.8. The Hall–Kier alpha value is -2.87. The van der Waals surface area contributed by atoms with E-state index >= 15 is 0 Å². The number of nitrogens with two attached hydrogens (primary N) is 1. The highest BCUT2D eigenvalue weighted by atomic mass is 19.1. The molecule has 2 aliphatic rings. The molecule has 0 radical (unpaired) electrons. The van der Waals surface area contributed by atoms with Gasteiger partial charge in [-0.15, -0.1) is 0 Å². The van der Waals surface area contributed by atoms with Gasteiger partial charge in [0.2, 0.25) is 5.91 Å². The molecule has 0 aliphatic heterocycles. The first-order chi connectivity index (χ1) is 14.4. The Kier molecular flexibility index (Phi) is 5.51. The molecule has 2 heterocycles. The lowest BCUT2D eigenvalue weighted by Crippen LogP contribution is -2.39. The van der Waals surface area contributed by atoms with E-state index in [1.807, 2.05) is 6.92 Å². The van der Waals surface area contributed by atoms with E-state index in [0.29, 0.717) is 5.69 Å². The van der Waals surface area contributed by atoms with Crippen LogP contribution in [0.15, 0.2) is 36.7 Å². The van der Waals surface area contributed by atoms with Gasteiger partial charge in [0.05, 0.1) is 11.9 Å². The fraction of sp³-hybridized carbons (Fsp3) is 0.455. The standard InChI is InChI=1S/C22H25FN4O3/c1-22(11-18(24)28,14-7-8-14)20(30-27-21(29)17-4-2-3-9-25-17)19-16(13-5-6-13)10-15(23)12-26-19/h2-4,9-10,12-14,20H,5-8,11H2,1H3,(H2,24,28)(H,27,29). The normalized spacial score (nSPS) is 19.0. The van der Waals surface area contributed by atoms with Gasteiger partial charge in [-0.1, -0.05) is 13.0 Å². The summed E-state index contributed by atoms with van der Waals surface area (Å²) in [5.74, 6) is -0.976. The van der Waals surface area contributed by atoms with Gasteiger partial charge in [-0.3, -0.25) is 24.4 Å². The zero-order chi connectivity index (χ0) is 21.3. The van der Waals surface area contributed by atoms with Crippen LogP contribution in [-0.4, -0.2) is 21.8 Å². The maximum atomic E-state index is 14.0. The maximum Gasteiger partial charge on any atom is 0.293 e. The molecule has 2 saturated carbocycles. The third-order valence-electron chi connectivity index (χ3n) is 6.01. The molecule has 2 unspecified atom stereocenters. The molecule has 3 N–H and O–H groups in total. The van der Waals surface area contributed by atoms with Gasteiger partial charge in [-0.25, -0.2) is 9.87 Å². The van der Waals surface area contributed by atoms with E-state index in [4.69, 9.17) is 10.6 Å². The summed E-state index contributed by atoms with van der Waals surface area (Å²) in [4.78, 5) is 38.8. The second kappa shape index (κ2) is 8.10. The number of carbonyl (C=O) groups is 2. The van der Waals surface area contributed by atoms with E-state index in [2.05, 4.69) is 15.4 Å². The maximum absolute atomic E-state index is 14.0. The van der Waals surface area contributed by atoms with Crippen molar-refractivity contribution in [1.82, 2.24) is 15.4 Å². The van der Waals surface area contributed by atoms with Crippen LogP contribution in [0.5, 0.6) is 0 Å². The smallest absolute Gasteiger partial charge is 0.293 e. The summed E-state index contributed by atoms with van der Waals surface area (Å²) in [6.07, 6.45) is 5.74. The van der Waals surface area contributed by atoms with Crippen LogP contribution in [0.4, 0.5) is 4.39 Å². The summed E-state index contributed by atoms with van der Waals surface area (Å²) in [6.45, 7) is 1.93. The molecule has 4 rings (SSSR count). The van der Waals surface area contributed by atoms with Crippen molar-refractivity contribution in [2.45, 2.75) is 51.0 Å². The van der Waals surface area contributed by atoms with Crippen LogP contribution < -0.4 is 11.2 Å². The Morgan fingerprint density at radius 3 is 2.67 bits per heavy atom. The summed E-state index contributed by atoms with van der Waals surface area (Å²) in [5.41, 5.74) is 8.88. The van der Waals surface area contributed by atoms with Crippen LogP contribution in [-0.2, 0) is 9.63 Å². The molecule has 158 valence electrons. The lowest BCUT2D eigenvalue weighted by Gasteiger charge is -2.37. The molecule has 0 bridgehead atoms. The number of primary amides is 1. The number of aromatic nitrogens is 2. The van der Waals surface area contributed by atoms with Crippen LogP contribution in [0.1, 0.15) is 72.8 Å². The highest BCUT2D eigenvalue weighted by molar-refractivity contribution is 5.91. The second-order valence-corrected chi connectivity index (χ2v) is 8.47. The minimum atomic E-state index is -0.749. The van der Waals surface area contributed by atoms with Gasteiger partial charge in [-0.2, -0.15) is 0 Å². The largest absolute Gasteiger partial charge is 0.370 e. The Bertz CT molecular complexity index is 947. The quantitative estimate of drug-likeness (QED) is 0.615. The molecule has 2 atom stereocenters. The third kappa shape index (κ3) is 4.33. The van der Waals surface area contributed by atoms with E-state index in [-0.39, 0.29) is 24.0 Å². The number of rotatable bonds is 9. The number of amides is 2. The fourth-order valence-electron chi connectivity index (χ4n) is 4.14. The van der Waals surface area contributed by atoms with Crippen LogP contribution in [0.3, 0.4) is 0 Å². The molecule has 7 nitrogen and oxygen atoms in total. The first-order valence-electron chi connectivity index (χ1n) is 10.2. The summed E-state index contributed by atoms with van der Waals surface area (Å²) in [5, 5.41) is 0. The van der Waals surface area contributed by atoms with Crippen molar-refractivity contribution in [3.05, 3.63) is 59.4 Å². The van der Waals surface area contributed by atoms with E-state index in [1.54, 1.807) is 18.2 Å². The molecule has 2 amide bonds. The van der Waals surface area contributed by atoms with Gasteiger partial charge in [0.15, 0.2) is 0 Å². The third-order valence-corrected chi connectivity index (χ3v) is 6.01. The SMILES string of the molecule is CC(CC(N)=O)(C1CC1)C(ONC(=O)c1ccccn1)c1ncc(F)cc1C1CC1. The Labute approximate surface area is 174 Å². The van der Waals surface area contributed by atoms with Crippen molar-refractivity contribution in [3.63, 3.8) is 0 Å². The molecule has 0 spiro atoms. The lowest BCUT2D eigenvalue weighted by molar-refractivity contribution is -0.129.